The molecule has 1 unspecified atom stereocenters. The van der Waals surface area contributed by atoms with Gasteiger partial charge in [0.25, 0.3) is 0 Å². The Morgan fingerprint density at radius 1 is 0.970 bits per heavy atom. The normalized spacial score (nSPS) is 31.4. The van der Waals surface area contributed by atoms with Crippen LogP contribution in [0.3, 0.4) is 0 Å². The van der Waals surface area contributed by atoms with Gasteiger partial charge in [0.1, 0.15) is 17.6 Å². The molecular formula is C28H28O5. The van der Waals surface area contributed by atoms with E-state index in [0.29, 0.717) is 11.5 Å². The number of rotatable bonds is 4. The number of ether oxygens (including phenoxy) is 2. The summed E-state index contributed by atoms with van der Waals surface area (Å²) >= 11 is 0. The lowest BCUT2D eigenvalue weighted by molar-refractivity contribution is -0.131. The number of esters is 1. The maximum Gasteiger partial charge on any atom is 0.335 e. The van der Waals surface area contributed by atoms with Gasteiger partial charge in [-0.25, -0.2) is 4.79 Å². The van der Waals surface area contributed by atoms with Gasteiger partial charge >= 0.3 is 11.9 Å². The van der Waals surface area contributed by atoms with Crippen LogP contribution in [0.5, 0.6) is 11.5 Å². The van der Waals surface area contributed by atoms with E-state index >= 15 is 0 Å². The number of benzene rings is 2. The average molecular weight is 445 g/mol. The summed E-state index contributed by atoms with van der Waals surface area (Å²) in [6.07, 6.45) is 9.78. The van der Waals surface area contributed by atoms with Crippen LogP contribution in [0.1, 0.15) is 73.0 Å². The largest absolute Gasteiger partial charge is 0.481 e. The molecule has 7 rings (SSSR count). The van der Waals surface area contributed by atoms with Gasteiger partial charge in [0, 0.05) is 12.5 Å². The van der Waals surface area contributed by atoms with E-state index in [9.17, 15) is 14.7 Å². The maximum absolute atomic E-state index is 11.5. The minimum Gasteiger partial charge on any atom is -0.481 e. The highest BCUT2D eigenvalue weighted by molar-refractivity contribution is 5.89. The van der Waals surface area contributed by atoms with Gasteiger partial charge in [0.15, 0.2) is 0 Å². The first-order valence-corrected chi connectivity index (χ1v) is 11.9. The topological polar surface area (TPSA) is 72.8 Å². The molecule has 4 bridgehead atoms. The molecule has 0 spiro atoms. The van der Waals surface area contributed by atoms with Gasteiger partial charge in [-0.3, -0.25) is 4.79 Å². The summed E-state index contributed by atoms with van der Waals surface area (Å²) in [6, 6.07) is 12.7. The fourth-order valence-electron chi connectivity index (χ4n) is 7.34. The fourth-order valence-corrected chi connectivity index (χ4v) is 7.34. The highest BCUT2D eigenvalue weighted by atomic mass is 16.5. The molecule has 2 aromatic rings. The van der Waals surface area contributed by atoms with Crippen molar-refractivity contribution >= 4 is 18.0 Å². The summed E-state index contributed by atoms with van der Waals surface area (Å²) in [6.45, 7) is 1.39. The molecule has 1 aliphatic heterocycles. The SMILES string of the molecule is CC(=O)Oc1ccc(C2Oc3cc(C(=O)O)ccc3C=C2C23CC4CC(CC(C4)C2)C3)cc1. The Balaban J connectivity index is 1.43. The summed E-state index contributed by atoms with van der Waals surface area (Å²) in [5.74, 6) is 2.23. The molecule has 4 saturated carbocycles. The van der Waals surface area contributed by atoms with Crippen LogP contribution in [0, 0.1) is 23.2 Å². The molecule has 1 N–H and O–H groups in total. The predicted molar refractivity (Wildman–Crippen MR) is 123 cm³/mol. The molecule has 0 saturated heterocycles. The summed E-state index contributed by atoms with van der Waals surface area (Å²) in [5.41, 5.74) is 3.66. The van der Waals surface area contributed by atoms with E-state index in [4.69, 9.17) is 9.47 Å². The molecular weight excluding hydrogens is 416 g/mol. The number of carboxylic acids is 1. The minimum absolute atomic E-state index is 0.150. The molecule has 4 fully saturated rings. The van der Waals surface area contributed by atoms with Crippen molar-refractivity contribution in [1.29, 1.82) is 0 Å². The monoisotopic (exact) mass is 444 g/mol. The highest BCUT2D eigenvalue weighted by Crippen LogP contribution is 2.65. The number of carboxylic acid groups (broad SMARTS) is 1. The summed E-state index contributed by atoms with van der Waals surface area (Å²) in [4.78, 5) is 22.9. The smallest absolute Gasteiger partial charge is 0.335 e. The minimum atomic E-state index is -0.959. The van der Waals surface area contributed by atoms with Crippen LogP contribution in [0.25, 0.3) is 6.08 Å². The number of aromatic carboxylic acids is 1. The van der Waals surface area contributed by atoms with Gasteiger partial charge in [-0.05, 0) is 103 Å². The average Bonchev–Trinajstić information content (AvgIpc) is 2.77. The zero-order valence-electron chi connectivity index (χ0n) is 18.8. The number of hydrogen-bond donors (Lipinski definition) is 1. The van der Waals surface area contributed by atoms with Crippen LogP contribution in [0.2, 0.25) is 0 Å². The third-order valence-corrected chi connectivity index (χ3v) is 8.19. The summed E-state index contributed by atoms with van der Waals surface area (Å²) in [5, 5.41) is 9.47. The third-order valence-electron chi connectivity index (χ3n) is 8.19. The molecule has 5 nitrogen and oxygen atoms in total. The second-order valence-electron chi connectivity index (χ2n) is 10.5. The number of carbonyl (C=O) groups is 2. The standard InChI is InChI=1S/C28H28O5/c1-16(29)32-23-6-4-20(5-7-23)26-24(11-21-2-3-22(27(30)31)12-25(21)33-26)28-13-17-8-18(14-28)10-19(9-17)15-28/h2-7,11-12,17-19,26H,8-10,13-15H2,1H3,(H,30,31). The van der Waals surface area contributed by atoms with E-state index in [1.165, 1.54) is 51.0 Å². The van der Waals surface area contributed by atoms with Crippen molar-refractivity contribution in [3.05, 3.63) is 64.7 Å². The Labute approximate surface area is 193 Å². The molecule has 1 heterocycles. The Morgan fingerprint density at radius 3 is 2.18 bits per heavy atom. The molecule has 1 atom stereocenters. The first-order chi connectivity index (χ1) is 15.9. The Bertz CT molecular complexity index is 1120. The van der Waals surface area contributed by atoms with Crippen molar-refractivity contribution in [3.8, 4) is 11.5 Å². The van der Waals surface area contributed by atoms with Gasteiger partial charge in [-0.1, -0.05) is 18.2 Å². The molecule has 0 amide bonds. The van der Waals surface area contributed by atoms with Crippen LogP contribution >= 0.6 is 0 Å². The van der Waals surface area contributed by atoms with Gasteiger partial charge in [-0.2, -0.15) is 0 Å². The number of fused-ring (bicyclic) bond motifs is 1. The molecule has 5 aliphatic rings. The second-order valence-corrected chi connectivity index (χ2v) is 10.5. The van der Waals surface area contributed by atoms with Crippen LogP contribution in [-0.2, 0) is 4.79 Å². The van der Waals surface area contributed by atoms with Crippen LogP contribution in [0.4, 0.5) is 0 Å². The van der Waals surface area contributed by atoms with Gasteiger partial charge < -0.3 is 14.6 Å². The van der Waals surface area contributed by atoms with Crippen LogP contribution in [0.15, 0.2) is 48.0 Å². The third kappa shape index (κ3) is 3.54. The second kappa shape index (κ2) is 7.47. The summed E-state index contributed by atoms with van der Waals surface area (Å²) in [7, 11) is 0. The molecule has 170 valence electrons. The van der Waals surface area contributed by atoms with Crippen molar-refractivity contribution in [3.63, 3.8) is 0 Å². The fraction of sp³-hybridized carbons (Fsp3) is 0.429. The lowest BCUT2D eigenvalue weighted by atomic mass is 9.47. The predicted octanol–water partition coefficient (Wildman–Crippen LogP) is 6.04. The van der Waals surface area contributed by atoms with Crippen molar-refractivity contribution in [2.45, 2.75) is 51.6 Å². The van der Waals surface area contributed by atoms with E-state index in [0.717, 1.165) is 28.9 Å². The van der Waals surface area contributed by atoms with E-state index < -0.39 is 5.97 Å². The van der Waals surface area contributed by atoms with E-state index in [1.54, 1.807) is 24.3 Å². The van der Waals surface area contributed by atoms with Crippen LogP contribution < -0.4 is 9.47 Å². The number of carbonyl (C=O) groups excluding carboxylic acids is 1. The Morgan fingerprint density at radius 2 is 1.61 bits per heavy atom. The lowest BCUT2D eigenvalue weighted by Crippen LogP contribution is -2.48. The quantitative estimate of drug-likeness (QED) is 0.459. The zero-order valence-corrected chi connectivity index (χ0v) is 18.8. The number of hydrogen-bond acceptors (Lipinski definition) is 4. The van der Waals surface area contributed by atoms with Crippen molar-refractivity contribution in [1.82, 2.24) is 0 Å². The molecule has 5 heteroatoms. The Kier molecular flexibility index (Phi) is 4.65. The first kappa shape index (κ1) is 20.5. The van der Waals surface area contributed by atoms with Crippen LogP contribution in [-0.4, -0.2) is 17.0 Å². The zero-order chi connectivity index (χ0) is 22.7. The van der Waals surface area contributed by atoms with Crippen molar-refractivity contribution < 1.29 is 24.2 Å². The maximum atomic E-state index is 11.5. The molecule has 0 radical (unpaired) electrons. The van der Waals surface area contributed by atoms with Crippen molar-refractivity contribution in [2.75, 3.05) is 0 Å². The molecule has 2 aromatic carbocycles. The van der Waals surface area contributed by atoms with E-state index in [-0.39, 0.29) is 23.1 Å². The van der Waals surface area contributed by atoms with E-state index in [1.807, 2.05) is 18.2 Å². The lowest BCUT2D eigenvalue weighted by Gasteiger charge is -2.58. The Hall–Kier alpha value is -3.08. The molecule has 0 aromatic heterocycles. The summed E-state index contributed by atoms with van der Waals surface area (Å²) < 4.78 is 11.8. The highest BCUT2D eigenvalue weighted by Gasteiger charge is 2.54. The first-order valence-electron chi connectivity index (χ1n) is 11.9. The van der Waals surface area contributed by atoms with Gasteiger partial charge in [0.2, 0.25) is 0 Å². The molecule has 33 heavy (non-hydrogen) atoms. The van der Waals surface area contributed by atoms with E-state index in [2.05, 4.69) is 6.08 Å². The molecule has 4 aliphatic carbocycles. The van der Waals surface area contributed by atoms with Gasteiger partial charge in [0.05, 0.1) is 5.56 Å². The van der Waals surface area contributed by atoms with Crippen molar-refractivity contribution in [2.24, 2.45) is 23.2 Å². The van der Waals surface area contributed by atoms with Gasteiger partial charge in [-0.15, -0.1) is 0 Å².